The number of carbonyl (C=O) groups is 1. The number of aryl methyl sites for hydroxylation is 2. The third kappa shape index (κ3) is 10.3. The fourth-order valence-electron chi connectivity index (χ4n) is 4.69. The van der Waals surface area contributed by atoms with Crippen molar-refractivity contribution in [2.75, 3.05) is 6.61 Å². The SMILES string of the molecule is Cc1cc(O)ccc1C(=O)OCCCCCCCCCCCCCC[n+]1cccc2ccccc21.[Br-]. The number of carbonyl (C=O) groups excluding carboxylic acids is 1. The number of rotatable bonds is 16. The van der Waals surface area contributed by atoms with Crippen LogP contribution in [0.1, 0.15) is 93.0 Å². The summed E-state index contributed by atoms with van der Waals surface area (Å²) in [5.41, 5.74) is 2.61. The highest BCUT2D eigenvalue weighted by Crippen LogP contribution is 2.17. The second-order valence-corrected chi connectivity index (χ2v) is 9.64. The average Bonchev–Trinajstić information content (AvgIpc) is 2.86. The number of phenolic OH excluding ortho intramolecular Hbond substituents is 1. The second kappa shape index (κ2) is 17.1. The summed E-state index contributed by atoms with van der Waals surface area (Å²) in [6.45, 7) is 3.39. The van der Waals surface area contributed by atoms with Crippen LogP contribution >= 0.6 is 0 Å². The average molecular weight is 557 g/mol. The number of hydrogen-bond acceptors (Lipinski definition) is 3. The summed E-state index contributed by atoms with van der Waals surface area (Å²) in [6, 6.07) is 17.7. The molecule has 0 aliphatic carbocycles. The molecule has 0 aliphatic heterocycles. The normalized spacial score (nSPS) is 10.8. The van der Waals surface area contributed by atoms with Crippen LogP contribution in [0.15, 0.2) is 60.8 Å². The largest absolute Gasteiger partial charge is 1.00 e. The minimum Gasteiger partial charge on any atom is -1.00 e. The molecule has 2 aromatic carbocycles. The Labute approximate surface area is 227 Å². The van der Waals surface area contributed by atoms with Crippen LogP contribution in [0.4, 0.5) is 0 Å². The maximum absolute atomic E-state index is 12.1. The molecular weight excluding hydrogens is 514 g/mol. The maximum atomic E-state index is 12.1. The number of hydrogen-bond donors (Lipinski definition) is 1. The number of phenols is 1. The zero-order valence-electron chi connectivity index (χ0n) is 21.8. The van der Waals surface area contributed by atoms with E-state index in [-0.39, 0.29) is 28.7 Å². The zero-order chi connectivity index (χ0) is 24.7. The van der Waals surface area contributed by atoms with Crippen molar-refractivity contribution in [1.82, 2.24) is 0 Å². The van der Waals surface area contributed by atoms with Crippen molar-refractivity contribution < 1.29 is 36.2 Å². The van der Waals surface area contributed by atoms with Gasteiger partial charge in [0.1, 0.15) is 12.3 Å². The Morgan fingerprint density at radius 3 is 2.03 bits per heavy atom. The van der Waals surface area contributed by atoms with Crippen LogP contribution in [0.25, 0.3) is 10.9 Å². The van der Waals surface area contributed by atoms with Gasteiger partial charge in [-0.05, 0) is 55.7 Å². The van der Waals surface area contributed by atoms with Crippen molar-refractivity contribution in [1.29, 1.82) is 0 Å². The number of aromatic hydroxyl groups is 1. The fraction of sp³-hybridized carbons (Fsp3) is 0.484. The van der Waals surface area contributed by atoms with Gasteiger partial charge >= 0.3 is 5.97 Å². The molecule has 0 aliphatic rings. The van der Waals surface area contributed by atoms with Crippen LogP contribution in [0.5, 0.6) is 5.75 Å². The molecule has 0 unspecified atom stereocenters. The molecule has 0 bridgehead atoms. The van der Waals surface area contributed by atoms with Crippen LogP contribution in [0.2, 0.25) is 0 Å². The molecule has 0 fully saturated rings. The monoisotopic (exact) mass is 555 g/mol. The van der Waals surface area contributed by atoms with Crippen molar-refractivity contribution in [3.8, 4) is 5.75 Å². The van der Waals surface area contributed by atoms with E-state index in [0.717, 1.165) is 24.9 Å². The first-order chi connectivity index (χ1) is 17.1. The molecule has 1 N–H and O–H groups in total. The van der Waals surface area contributed by atoms with Gasteiger partial charge in [0.2, 0.25) is 5.52 Å². The summed E-state index contributed by atoms with van der Waals surface area (Å²) in [4.78, 5) is 12.1. The Hall–Kier alpha value is -2.40. The van der Waals surface area contributed by atoms with E-state index in [1.165, 1.54) is 81.2 Å². The van der Waals surface area contributed by atoms with Gasteiger partial charge in [-0.25, -0.2) is 4.79 Å². The lowest BCUT2D eigenvalue weighted by Crippen LogP contribution is -3.00. The van der Waals surface area contributed by atoms with Gasteiger partial charge in [-0.15, -0.1) is 0 Å². The number of fused-ring (bicyclic) bond motifs is 1. The Morgan fingerprint density at radius 1 is 0.778 bits per heavy atom. The fourth-order valence-corrected chi connectivity index (χ4v) is 4.69. The van der Waals surface area contributed by atoms with Gasteiger partial charge in [0.05, 0.1) is 12.2 Å². The molecule has 1 heterocycles. The number of halogens is 1. The van der Waals surface area contributed by atoms with E-state index in [4.69, 9.17) is 4.74 Å². The van der Waals surface area contributed by atoms with Gasteiger partial charge in [0, 0.05) is 23.9 Å². The van der Waals surface area contributed by atoms with E-state index < -0.39 is 0 Å². The Morgan fingerprint density at radius 2 is 1.36 bits per heavy atom. The van der Waals surface area contributed by atoms with Gasteiger partial charge in [-0.3, -0.25) is 0 Å². The quantitative estimate of drug-likeness (QED) is 0.158. The first kappa shape index (κ1) is 29.8. The highest BCUT2D eigenvalue weighted by atomic mass is 79.9. The molecule has 1 aromatic heterocycles. The smallest absolute Gasteiger partial charge is 0.338 e. The number of para-hydroxylation sites is 1. The van der Waals surface area contributed by atoms with Crippen LogP contribution in [0.3, 0.4) is 0 Å². The minimum atomic E-state index is -0.296. The number of aromatic nitrogens is 1. The summed E-state index contributed by atoms with van der Waals surface area (Å²) >= 11 is 0. The highest BCUT2D eigenvalue weighted by molar-refractivity contribution is 5.91. The van der Waals surface area contributed by atoms with Crippen molar-refractivity contribution in [3.63, 3.8) is 0 Å². The molecule has 196 valence electrons. The second-order valence-electron chi connectivity index (χ2n) is 9.64. The lowest BCUT2D eigenvalue weighted by molar-refractivity contribution is -0.671. The predicted molar refractivity (Wildman–Crippen MR) is 143 cm³/mol. The molecule has 3 aromatic rings. The first-order valence-corrected chi connectivity index (χ1v) is 13.5. The van der Waals surface area contributed by atoms with Gasteiger partial charge < -0.3 is 26.8 Å². The molecule has 0 radical (unpaired) electrons. The van der Waals surface area contributed by atoms with Crippen molar-refractivity contribution in [2.24, 2.45) is 0 Å². The number of pyridine rings is 1. The van der Waals surface area contributed by atoms with Gasteiger partial charge in [0.15, 0.2) is 6.20 Å². The Balaban J connectivity index is 0.00000456. The molecular formula is C31H42BrNO3. The van der Waals surface area contributed by atoms with Gasteiger partial charge in [0.25, 0.3) is 0 Å². The third-order valence-electron chi connectivity index (χ3n) is 6.74. The van der Waals surface area contributed by atoms with E-state index in [0.29, 0.717) is 12.2 Å². The van der Waals surface area contributed by atoms with E-state index in [9.17, 15) is 9.90 Å². The van der Waals surface area contributed by atoms with Crippen LogP contribution < -0.4 is 21.5 Å². The van der Waals surface area contributed by atoms with Crippen molar-refractivity contribution in [2.45, 2.75) is 90.5 Å². The Bertz CT molecular complexity index is 1050. The molecule has 0 saturated carbocycles. The maximum Gasteiger partial charge on any atom is 0.338 e. The van der Waals surface area contributed by atoms with Gasteiger partial charge in [-0.1, -0.05) is 69.9 Å². The molecule has 0 atom stereocenters. The van der Waals surface area contributed by atoms with Crippen molar-refractivity contribution in [3.05, 3.63) is 71.9 Å². The number of ether oxygens (including phenoxy) is 1. The highest BCUT2D eigenvalue weighted by Gasteiger charge is 2.10. The molecule has 36 heavy (non-hydrogen) atoms. The predicted octanol–water partition coefficient (Wildman–Crippen LogP) is 4.68. The standard InChI is InChI=1S/C31H41NO3.BrH/c1-26-25-28(33)20-21-29(26)31(34)35-24-15-11-9-7-5-3-2-4-6-8-10-14-22-32-23-16-18-27-17-12-13-19-30(27)32;/h12-13,16-21,23,25H,2-11,14-15,22,24H2,1H3;1H. The summed E-state index contributed by atoms with van der Waals surface area (Å²) in [7, 11) is 0. The molecule has 5 heteroatoms. The van der Waals surface area contributed by atoms with Crippen LogP contribution in [-0.2, 0) is 11.3 Å². The number of esters is 1. The zero-order valence-corrected chi connectivity index (χ0v) is 23.3. The summed E-state index contributed by atoms with van der Waals surface area (Å²) in [5, 5.41) is 10.8. The number of unbranched alkanes of at least 4 members (excludes halogenated alkanes) is 11. The first-order valence-electron chi connectivity index (χ1n) is 13.5. The van der Waals surface area contributed by atoms with E-state index >= 15 is 0 Å². The van der Waals surface area contributed by atoms with E-state index in [1.54, 1.807) is 12.1 Å². The molecule has 0 spiro atoms. The number of benzene rings is 2. The van der Waals surface area contributed by atoms with Crippen LogP contribution in [-0.4, -0.2) is 17.7 Å². The summed E-state index contributed by atoms with van der Waals surface area (Å²) in [5.74, 6) is -0.124. The lowest BCUT2D eigenvalue weighted by atomic mass is 10.1. The Kier molecular flexibility index (Phi) is 14.2. The molecule has 0 saturated heterocycles. The van der Waals surface area contributed by atoms with E-state index in [2.05, 4.69) is 47.2 Å². The lowest BCUT2D eigenvalue weighted by Gasteiger charge is -2.07. The molecule has 3 rings (SSSR count). The number of nitrogens with zero attached hydrogens (tertiary/aromatic N) is 1. The molecule has 0 amide bonds. The van der Waals surface area contributed by atoms with E-state index in [1.807, 2.05) is 6.92 Å². The van der Waals surface area contributed by atoms with Crippen LogP contribution in [0, 0.1) is 6.92 Å². The van der Waals surface area contributed by atoms with Gasteiger partial charge in [-0.2, -0.15) is 4.57 Å². The third-order valence-corrected chi connectivity index (χ3v) is 6.74. The minimum absolute atomic E-state index is 0. The summed E-state index contributed by atoms with van der Waals surface area (Å²) in [6.07, 6.45) is 17.3. The molecule has 4 nitrogen and oxygen atoms in total. The topological polar surface area (TPSA) is 50.4 Å². The van der Waals surface area contributed by atoms with Crippen molar-refractivity contribution >= 4 is 16.9 Å². The summed E-state index contributed by atoms with van der Waals surface area (Å²) < 4.78 is 7.76.